The molecule has 4 heterocycles. The number of imide groups is 2. The number of carbonyl (C=O) groups excluding carboxylic acids is 4. The molecule has 3 fully saturated rings. The van der Waals surface area contributed by atoms with Crippen LogP contribution >= 0.6 is 38.6 Å². The number of rotatable bonds is 6. The molecule has 2 aliphatic heterocycles. The number of phenols is 1. The molecule has 4 amide bonds. The number of fused-ring (bicyclic) bond motifs is 4. The van der Waals surface area contributed by atoms with Crippen molar-refractivity contribution in [3.63, 3.8) is 0 Å². The predicted molar refractivity (Wildman–Crippen MR) is 160 cm³/mol. The van der Waals surface area contributed by atoms with E-state index >= 15 is 0 Å². The van der Waals surface area contributed by atoms with Crippen LogP contribution in [0.3, 0.4) is 0 Å². The fourth-order valence-electron chi connectivity index (χ4n) is 7.48. The van der Waals surface area contributed by atoms with Gasteiger partial charge in [0.1, 0.15) is 0 Å². The van der Waals surface area contributed by atoms with Crippen molar-refractivity contribution in [2.75, 3.05) is 7.11 Å². The van der Waals surface area contributed by atoms with Gasteiger partial charge in [-0.3, -0.25) is 29.0 Å². The summed E-state index contributed by atoms with van der Waals surface area (Å²) in [7, 11) is 1.46. The Morgan fingerprint density at radius 1 is 0.881 bits per heavy atom. The monoisotopic (exact) mass is 666 g/mol. The highest BCUT2D eigenvalue weighted by Crippen LogP contribution is 2.59. The maximum Gasteiger partial charge on any atom is 0.234 e. The van der Waals surface area contributed by atoms with Crippen molar-refractivity contribution in [3.8, 4) is 11.5 Å². The maximum atomic E-state index is 14.1. The highest BCUT2D eigenvalue weighted by molar-refractivity contribution is 9.10. The largest absolute Gasteiger partial charge is 0.504 e. The summed E-state index contributed by atoms with van der Waals surface area (Å²) in [6, 6.07) is 11.0. The molecule has 11 heteroatoms. The fourth-order valence-corrected chi connectivity index (χ4v) is 9.32. The molecule has 8 nitrogen and oxygen atoms in total. The molecule has 2 aliphatic carbocycles. The number of allylic oxidation sites excluding steroid dienone is 2. The summed E-state index contributed by atoms with van der Waals surface area (Å²) in [6.07, 6.45) is 2.65. The molecule has 42 heavy (non-hydrogen) atoms. The molecule has 1 aromatic carbocycles. The molecule has 0 radical (unpaired) electrons. The van der Waals surface area contributed by atoms with Gasteiger partial charge >= 0.3 is 0 Å². The van der Waals surface area contributed by atoms with Gasteiger partial charge in [-0.1, -0.05) is 39.7 Å². The Bertz CT molecular complexity index is 1630. The molecular formula is C31H27BrN2O6S2. The lowest BCUT2D eigenvalue weighted by molar-refractivity contribution is -0.142. The Hall–Kier alpha value is -3.28. The van der Waals surface area contributed by atoms with E-state index < -0.39 is 35.5 Å². The van der Waals surface area contributed by atoms with Gasteiger partial charge in [0.25, 0.3) is 0 Å². The van der Waals surface area contributed by atoms with E-state index in [2.05, 4.69) is 15.9 Å². The smallest absolute Gasteiger partial charge is 0.234 e. The molecule has 6 unspecified atom stereocenters. The van der Waals surface area contributed by atoms with Crippen molar-refractivity contribution in [2.24, 2.45) is 29.6 Å². The van der Waals surface area contributed by atoms with Crippen LogP contribution < -0.4 is 4.74 Å². The number of hydrogen-bond acceptors (Lipinski definition) is 8. The first-order chi connectivity index (χ1) is 20.3. The first kappa shape index (κ1) is 27.5. The Morgan fingerprint density at radius 3 is 2.10 bits per heavy atom. The van der Waals surface area contributed by atoms with Gasteiger partial charge in [-0.2, -0.15) is 0 Å². The zero-order chi connectivity index (χ0) is 29.3. The Labute approximate surface area is 258 Å². The van der Waals surface area contributed by atoms with Crippen molar-refractivity contribution in [1.82, 2.24) is 9.80 Å². The van der Waals surface area contributed by atoms with Crippen molar-refractivity contribution in [2.45, 2.75) is 31.8 Å². The average molecular weight is 668 g/mol. The quantitative estimate of drug-likeness (QED) is 0.282. The fraction of sp³-hybridized carbons (Fsp3) is 0.355. The first-order valence-corrected chi connectivity index (χ1v) is 16.3. The molecule has 1 saturated carbocycles. The van der Waals surface area contributed by atoms with E-state index in [9.17, 15) is 24.3 Å². The van der Waals surface area contributed by atoms with E-state index in [-0.39, 0.29) is 48.2 Å². The number of thiophene rings is 2. The third-order valence-electron chi connectivity index (χ3n) is 9.24. The summed E-state index contributed by atoms with van der Waals surface area (Å²) in [5.41, 5.74) is 1.31. The Balaban J connectivity index is 1.32. The van der Waals surface area contributed by atoms with Crippen LogP contribution in [0, 0.1) is 29.6 Å². The number of hydrogen-bond donors (Lipinski definition) is 1. The third kappa shape index (κ3) is 4.19. The van der Waals surface area contributed by atoms with Gasteiger partial charge in [-0.05, 0) is 53.8 Å². The van der Waals surface area contributed by atoms with Gasteiger partial charge in [0.05, 0.1) is 43.9 Å². The van der Waals surface area contributed by atoms with E-state index in [4.69, 9.17) is 4.74 Å². The number of amides is 4. The SMILES string of the molecule is COc1cc(Br)cc(C2C3=CCC4C(=O)N(Cc5cccs5)C(=O)C4C3CC3C(=O)N(Cc4cccs4)C(=O)C32)c1O. The van der Waals surface area contributed by atoms with Gasteiger partial charge in [-0.15, -0.1) is 22.7 Å². The lowest BCUT2D eigenvalue weighted by Gasteiger charge is -2.44. The van der Waals surface area contributed by atoms with Gasteiger partial charge in [-0.25, -0.2) is 0 Å². The van der Waals surface area contributed by atoms with Crippen molar-refractivity contribution < 1.29 is 29.0 Å². The van der Waals surface area contributed by atoms with E-state index in [0.717, 1.165) is 15.3 Å². The van der Waals surface area contributed by atoms with Crippen LogP contribution in [0.15, 0.2) is 63.3 Å². The number of methoxy groups -OCH3 is 1. The topological polar surface area (TPSA) is 104 Å². The minimum absolute atomic E-state index is 0.0989. The van der Waals surface area contributed by atoms with E-state index in [0.29, 0.717) is 22.9 Å². The number of likely N-dealkylation sites (tertiary alicyclic amines) is 2. The van der Waals surface area contributed by atoms with Gasteiger partial charge in [0, 0.05) is 25.7 Å². The standard InChI is InChI=1S/C31H27BrN2O6S2/c1-40-23-11-15(32)10-21(27(23)35)24-18-6-7-19-25(30(38)33(28(19)36)13-16-4-2-8-41-16)20(18)12-22-26(24)31(39)34(29(22)37)14-17-5-3-9-42-17/h2-6,8-11,19-20,22,24-26,35H,7,12-14H2,1H3. The number of ether oxygens (including phenoxy) is 1. The lowest BCUT2D eigenvalue weighted by Crippen LogP contribution is -2.43. The summed E-state index contributed by atoms with van der Waals surface area (Å²) >= 11 is 6.50. The summed E-state index contributed by atoms with van der Waals surface area (Å²) in [4.78, 5) is 60.1. The molecule has 6 atom stereocenters. The van der Waals surface area contributed by atoms with Gasteiger partial charge in [0.15, 0.2) is 11.5 Å². The lowest BCUT2D eigenvalue weighted by atomic mass is 9.57. The van der Waals surface area contributed by atoms with Crippen LogP contribution in [0.5, 0.6) is 11.5 Å². The maximum absolute atomic E-state index is 14.1. The van der Waals surface area contributed by atoms with E-state index in [1.807, 2.05) is 41.1 Å². The Kier molecular flexibility index (Phi) is 6.86. The molecular weight excluding hydrogens is 640 g/mol. The molecule has 2 saturated heterocycles. The number of phenolic OH excluding ortho intramolecular Hbond substituents is 1. The minimum atomic E-state index is -0.740. The van der Waals surface area contributed by atoms with Crippen LogP contribution in [0.25, 0.3) is 0 Å². The zero-order valence-corrected chi connectivity index (χ0v) is 25.8. The second-order valence-corrected chi connectivity index (χ2v) is 14.2. The molecule has 1 N–H and O–H groups in total. The summed E-state index contributed by atoms with van der Waals surface area (Å²) in [5, 5.41) is 15.2. The number of halogens is 1. The summed E-state index contributed by atoms with van der Waals surface area (Å²) in [5.74, 6) is -4.43. The molecule has 3 aromatic rings. The molecule has 7 rings (SSSR count). The average Bonchev–Trinajstić information content (AvgIpc) is 3.78. The molecule has 0 spiro atoms. The van der Waals surface area contributed by atoms with Crippen LogP contribution in [-0.2, 0) is 32.3 Å². The molecule has 4 aliphatic rings. The second kappa shape index (κ2) is 10.5. The highest BCUT2D eigenvalue weighted by Gasteiger charge is 2.62. The zero-order valence-electron chi connectivity index (χ0n) is 22.6. The number of aromatic hydroxyl groups is 1. The second-order valence-electron chi connectivity index (χ2n) is 11.3. The molecule has 0 bridgehead atoms. The third-order valence-corrected chi connectivity index (χ3v) is 11.4. The summed E-state index contributed by atoms with van der Waals surface area (Å²) in [6.45, 7) is 0.417. The van der Waals surface area contributed by atoms with Crippen LogP contribution in [-0.4, -0.2) is 45.6 Å². The van der Waals surface area contributed by atoms with Gasteiger partial charge < -0.3 is 9.84 Å². The molecule has 216 valence electrons. The minimum Gasteiger partial charge on any atom is -0.504 e. The first-order valence-electron chi connectivity index (χ1n) is 13.8. The number of benzene rings is 1. The number of nitrogens with zero attached hydrogens (tertiary/aromatic N) is 2. The van der Waals surface area contributed by atoms with Crippen LogP contribution in [0.1, 0.15) is 34.1 Å². The van der Waals surface area contributed by atoms with Crippen LogP contribution in [0.4, 0.5) is 0 Å². The van der Waals surface area contributed by atoms with Crippen LogP contribution in [0.2, 0.25) is 0 Å². The predicted octanol–water partition coefficient (Wildman–Crippen LogP) is 5.32. The highest BCUT2D eigenvalue weighted by atomic mass is 79.9. The van der Waals surface area contributed by atoms with E-state index in [1.165, 1.54) is 39.6 Å². The molecule has 2 aromatic heterocycles. The normalized spacial score (nSPS) is 28.6. The van der Waals surface area contributed by atoms with Gasteiger partial charge in [0.2, 0.25) is 23.6 Å². The van der Waals surface area contributed by atoms with Crippen molar-refractivity contribution >= 4 is 62.2 Å². The summed E-state index contributed by atoms with van der Waals surface area (Å²) < 4.78 is 6.10. The van der Waals surface area contributed by atoms with E-state index in [1.54, 1.807) is 12.1 Å². The van der Waals surface area contributed by atoms with Crippen molar-refractivity contribution in [1.29, 1.82) is 0 Å². The number of carbonyl (C=O) groups is 4. The van der Waals surface area contributed by atoms with Crippen molar-refractivity contribution in [3.05, 3.63) is 78.6 Å². The Morgan fingerprint density at radius 2 is 1.50 bits per heavy atom.